The molecule has 0 bridgehead atoms. The maximum absolute atomic E-state index is 12.9. The van der Waals surface area contributed by atoms with Crippen molar-refractivity contribution in [1.82, 2.24) is 4.31 Å². The maximum Gasteiger partial charge on any atom is 0.337 e. The number of amides is 1. The van der Waals surface area contributed by atoms with Crippen LogP contribution in [0.15, 0.2) is 47.4 Å². The van der Waals surface area contributed by atoms with Gasteiger partial charge in [-0.1, -0.05) is 11.6 Å². The number of carbonyl (C=O) groups excluding carboxylic acids is 2. The van der Waals surface area contributed by atoms with E-state index in [4.69, 9.17) is 16.3 Å². The van der Waals surface area contributed by atoms with Gasteiger partial charge in [0.05, 0.1) is 23.0 Å². The Bertz CT molecular complexity index is 1090. The van der Waals surface area contributed by atoms with Crippen LogP contribution in [0.2, 0.25) is 5.02 Å². The van der Waals surface area contributed by atoms with E-state index in [9.17, 15) is 18.0 Å². The predicted molar refractivity (Wildman–Crippen MR) is 108 cm³/mol. The number of ether oxygens (including phenoxy) is 1. The standard InChI is InChI=1S/C20H19ClN2O5S/c1-28-18(24)13-2-7-17-16(12-13)20(19(25)22-17)8-10-23(11-9-20)29(26,27)15-5-3-14(21)4-6-15/h2-7,12H,8-11H2,1H3,(H,22,25). The minimum atomic E-state index is -3.68. The van der Waals surface area contributed by atoms with E-state index in [2.05, 4.69) is 5.32 Å². The van der Waals surface area contributed by atoms with Gasteiger partial charge in [0.1, 0.15) is 0 Å². The van der Waals surface area contributed by atoms with Crippen LogP contribution in [0.3, 0.4) is 0 Å². The molecule has 7 nitrogen and oxygen atoms in total. The number of nitrogens with zero attached hydrogens (tertiary/aromatic N) is 1. The molecule has 9 heteroatoms. The van der Waals surface area contributed by atoms with Gasteiger partial charge < -0.3 is 10.1 Å². The van der Waals surface area contributed by atoms with E-state index in [0.717, 1.165) is 0 Å². The van der Waals surface area contributed by atoms with E-state index >= 15 is 0 Å². The molecule has 1 amide bonds. The van der Waals surface area contributed by atoms with Crippen molar-refractivity contribution in [1.29, 1.82) is 0 Å². The third-order valence-corrected chi connectivity index (χ3v) is 7.83. The van der Waals surface area contributed by atoms with Crippen molar-refractivity contribution in [3.8, 4) is 0 Å². The number of nitrogens with one attached hydrogen (secondary N) is 1. The Kier molecular flexibility index (Phi) is 4.88. The van der Waals surface area contributed by atoms with E-state index in [-0.39, 0.29) is 23.9 Å². The molecular weight excluding hydrogens is 416 g/mol. The topological polar surface area (TPSA) is 92.8 Å². The summed E-state index contributed by atoms with van der Waals surface area (Å²) in [5.41, 5.74) is 0.870. The Morgan fingerprint density at radius 3 is 2.41 bits per heavy atom. The quantitative estimate of drug-likeness (QED) is 0.750. The number of benzene rings is 2. The second-order valence-electron chi connectivity index (χ2n) is 7.15. The average molecular weight is 435 g/mol. The van der Waals surface area contributed by atoms with Gasteiger partial charge in [-0.25, -0.2) is 13.2 Å². The average Bonchev–Trinajstić information content (AvgIpc) is 2.99. The van der Waals surface area contributed by atoms with Gasteiger partial charge in [-0.3, -0.25) is 4.79 Å². The van der Waals surface area contributed by atoms with Crippen molar-refractivity contribution < 1.29 is 22.7 Å². The Balaban J connectivity index is 1.62. The SMILES string of the molecule is COC(=O)c1ccc2c(c1)C1(CCN(S(=O)(=O)c3ccc(Cl)cc3)CC1)C(=O)N2. The maximum atomic E-state index is 12.9. The number of sulfonamides is 1. The molecule has 0 atom stereocenters. The summed E-state index contributed by atoms with van der Waals surface area (Å²) >= 11 is 5.85. The molecule has 1 N–H and O–H groups in total. The summed E-state index contributed by atoms with van der Waals surface area (Å²) in [6.07, 6.45) is 0.645. The number of esters is 1. The van der Waals surface area contributed by atoms with E-state index in [0.29, 0.717) is 34.7 Å². The van der Waals surface area contributed by atoms with Crippen molar-refractivity contribution in [2.45, 2.75) is 23.2 Å². The first-order chi connectivity index (χ1) is 13.8. The molecule has 1 spiro atoms. The number of halogens is 1. The lowest BCUT2D eigenvalue weighted by Gasteiger charge is -2.37. The number of rotatable bonds is 3. The van der Waals surface area contributed by atoms with E-state index < -0.39 is 21.4 Å². The highest BCUT2D eigenvalue weighted by atomic mass is 35.5. The summed E-state index contributed by atoms with van der Waals surface area (Å²) in [6.45, 7) is 0.389. The smallest absolute Gasteiger partial charge is 0.337 e. The molecule has 0 aromatic heterocycles. The van der Waals surface area contributed by atoms with Gasteiger partial charge in [-0.05, 0) is 60.9 Å². The zero-order valence-electron chi connectivity index (χ0n) is 15.6. The van der Waals surface area contributed by atoms with E-state index in [1.54, 1.807) is 18.2 Å². The first-order valence-electron chi connectivity index (χ1n) is 9.08. The first-order valence-corrected chi connectivity index (χ1v) is 10.9. The number of piperidine rings is 1. The summed E-state index contributed by atoms with van der Waals surface area (Å²) in [6, 6.07) is 11.0. The van der Waals surface area contributed by atoms with Gasteiger partial charge in [0.15, 0.2) is 0 Å². The Labute approximate surface area is 173 Å². The molecule has 0 aliphatic carbocycles. The highest BCUT2D eigenvalue weighted by Gasteiger charge is 2.50. The largest absolute Gasteiger partial charge is 0.465 e. The Morgan fingerprint density at radius 1 is 1.14 bits per heavy atom. The summed E-state index contributed by atoms with van der Waals surface area (Å²) in [7, 11) is -2.38. The number of methoxy groups -OCH3 is 1. The lowest BCUT2D eigenvalue weighted by atomic mass is 9.74. The molecule has 0 unspecified atom stereocenters. The highest BCUT2D eigenvalue weighted by molar-refractivity contribution is 7.89. The van der Waals surface area contributed by atoms with Gasteiger partial charge in [0.25, 0.3) is 0 Å². The Morgan fingerprint density at radius 2 is 1.79 bits per heavy atom. The summed E-state index contributed by atoms with van der Waals surface area (Å²) in [5, 5.41) is 3.32. The molecule has 2 aliphatic heterocycles. The number of carbonyl (C=O) groups is 2. The molecule has 4 rings (SSSR count). The van der Waals surface area contributed by atoms with Crippen LogP contribution in [0.1, 0.15) is 28.8 Å². The molecule has 0 radical (unpaired) electrons. The minimum Gasteiger partial charge on any atom is -0.465 e. The van der Waals surface area contributed by atoms with E-state index in [1.807, 2.05) is 0 Å². The fourth-order valence-corrected chi connectivity index (χ4v) is 5.59. The molecule has 1 saturated heterocycles. The van der Waals surface area contributed by atoms with Crippen molar-refractivity contribution in [2.24, 2.45) is 0 Å². The van der Waals surface area contributed by atoms with Gasteiger partial charge in [-0.15, -0.1) is 0 Å². The number of anilines is 1. The van der Waals surface area contributed by atoms with Crippen LogP contribution < -0.4 is 5.32 Å². The van der Waals surface area contributed by atoms with Crippen molar-refractivity contribution in [3.63, 3.8) is 0 Å². The normalized spacial score (nSPS) is 18.3. The molecular formula is C20H19ClN2O5S. The van der Waals surface area contributed by atoms with Gasteiger partial charge in [0, 0.05) is 23.8 Å². The third-order valence-electron chi connectivity index (χ3n) is 5.67. The summed E-state index contributed by atoms with van der Waals surface area (Å²) in [5.74, 6) is -0.650. The van der Waals surface area contributed by atoms with Crippen LogP contribution in [-0.4, -0.2) is 44.8 Å². The number of fused-ring (bicyclic) bond motifs is 2. The lowest BCUT2D eigenvalue weighted by Crippen LogP contribution is -2.48. The molecule has 0 saturated carbocycles. The minimum absolute atomic E-state index is 0.168. The molecule has 2 aromatic carbocycles. The van der Waals surface area contributed by atoms with Crippen molar-refractivity contribution in [2.75, 3.05) is 25.5 Å². The second kappa shape index (κ2) is 7.12. The second-order valence-corrected chi connectivity index (χ2v) is 9.52. The van der Waals surface area contributed by atoms with Crippen LogP contribution in [0.4, 0.5) is 5.69 Å². The van der Waals surface area contributed by atoms with Crippen LogP contribution in [0, 0.1) is 0 Å². The van der Waals surface area contributed by atoms with Crippen LogP contribution in [0.5, 0.6) is 0 Å². The van der Waals surface area contributed by atoms with Gasteiger partial charge >= 0.3 is 5.97 Å². The zero-order valence-corrected chi connectivity index (χ0v) is 17.2. The fraction of sp³-hybridized carbons (Fsp3) is 0.300. The fourth-order valence-electron chi connectivity index (χ4n) is 4.02. The van der Waals surface area contributed by atoms with Crippen molar-refractivity contribution >= 4 is 39.2 Å². The van der Waals surface area contributed by atoms with Crippen molar-refractivity contribution in [3.05, 3.63) is 58.6 Å². The molecule has 2 aromatic rings. The summed E-state index contributed by atoms with van der Waals surface area (Å²) < 4.78 is 32.0. The van der Waals surface area contributed by atoms with Gasteiger partial charge in [0.2, 0.25) is 15.9 Å². The molecule has 2 heterocycles. The van der Waals surface area contributed by atoms with E-state index in [1.165, 1.54) is 35.7 Å². The lowest BCUT2D eigenvalue weighted by molar-refractivity contribution is -0.122. The van der Waals surface area contributed by atoms with Crippen LogP contribution in [0.25, 0.3) is 0 Å². The number of hydrogen-bond donors (Lipinski definition) is 1. The molecule has 1 fully saturated rings. The third kappa shape index (κ3) is 3.21. The molecule has 152 valence electrons. The predicted octanol–water partition coefficient (Wildman–Crippen LogP) is 2.80. The Hall–Kier alpha value is -2.42. The zero-order chi connectivity index (χ0) is 20.8. The highest BCUT2D eigenvalue weighted by Crippen LogP contribution is 2.46. The summed E-state index contributed by atoms with van der Waals surface area (Å²) in [4.78, 5) is 24.9. The monoisotopic (exact) mass is 434 g/mol. The molecule has 2 aliphatic rings. The van der Waals surface area contributed by atoms with Gasteiger partial charge in [-0.2, -0.15) is 4.31 Å². The van der Waals surface area contributed by atoms with Crippen LogP contribution >= 0.6 is 11.6 Å². The molecule has 29 heavy (non-hydrogen) atoms. The first kappa shape index (κ1) is 19.9. The number of hydrogen-bond acceptors (Lipinski definition) is 5. The van der Waals surface area contributed by atoms with Crippen LogP contribution in [-0.2, 0) is 25.0 Å².